The van der Waals surface area contributed by atoms with Crippen LogP contribution in [0.5, 0.6) is 0 Å². The van der Waals surface area contributed by atoms with Gasteiger partial charge in [0.2, 0.25) is 0 Å². The standard InChI is InChI=1S/C14H28N2O2/c1-12(2)9-14(10-15,5-7-17-12)16-6-8-18-13(3,4)11-16/h5-11,15H2,1-4H3. The van der Waals surface area contributed by atoms with Crippen molar-refractivity contribution in [1.29, 1.82) is 0 Å². The fourth-order valence-electron chi connectivity index (χ4n) is 3.44. The topological polar surface area (TPSA) is 47.7 Å². The van der Waals surface area contributed by atoms with E-state index in [2.05, 4.69) is 32.6 Å². The minimum atomic E-state index is -0.0694. The fraction of sp³-hybridized carbons (Fsp3) is 1.00. The number of ether oxygens (including phenoxy) is 2. The van der Waals surface area contributed by atoms with Gasteiger partial charge in [-0.1, -0.05) is 0 Å². The van der Waals surface area contributed by atoms with E-state index in [0.717, 1.165) is 39.1 Å². The average Bonchev–Trinajstić information content (AvgIpc) is 2.26. The SMILES string of the molecule is CC1(C)CN(C2(CN)CCOC(C)(C)C2)CCO1. The molecule has 0 aliphatic carbocycles. The molecule has 2 rings (SSSR count). The summed E-state index contributed by atoms with van der Waals surface area (Å²) in [6, 6.07) is 0. The summed E-state index contributed by atoms with van der Waals surface area (Å²) in [6.07, 6.45) is 2.04. The largest absolute Gasteiger partial charge is 0.375 e. The molecule has 2 aliphatic heterocycles. The first-order valence-corrected chi connectivity index (χ1v) is 7.02. The third-order valence-corrected chi connectivity index (χ3v) is 4.29. The van der Waals surface area contributed by atoms with Gasteiger partial charge in [-0.25, -0.2) is 0 Å². The van der Waals surface area contributed by atoms with Gasteiger partial charge in [0, 0.05) is 31.8 Å². The van der Waals surface area contributed by atoms with E-state index in [0.29, 0.717) is 6.54 Å². The predicted octanol–water partition coefficient (Wildman–Crippen LogP) is 1.38. The maximum atomic E-state index is 6.14. The highest BCUT2D eigenvalue weighted by molar-refractivity contribution is 5.01. The minimum Gasteiger partial charge on any atom is -0.375 e. The van der Waals surface area contributed by atoms with E-state index in [1.165, 1.54) is 0 Å². The first kappa shape index (κ1) is 14.3. The van der Waals surface area contributed by atoms with Crippen molar-refractivity contribution in [3.63, 3.8) is 0 Å². The Labute approximate surface area is 111 Å². The average molecular weight is 256 g/mol. The number of nitrogens with zero attached hydrogens (tertiary/aromatic N) is 1. The molecule has 4 heteroatoms. The fourth-order valence-corrected chi connectivity index (χ4v) is 3.44. The summed E-state index contributed by atoms with van der Waals surface area (Å²) in [5.74, 6) is 0. The molecule has 1 atom stereocenters. The molecule has 0 spiro atoms. The van der Waals surface area contributed by atoms with E-state index in [1.807, 2.05) is 0 Å². The molecule has 0 aromatic heterocycles. The molecule has 2 saturated heterocycles. The monoisotopic (exact) mass is 256 g/mol. The lowest BCUT2D eigenvalue weighted by Crippen LogP contribution is -2.65. The molecule has 18 heavy (non-hydrogen) atoms. The van der Waals surface area contributed by atoms with Gasteiger partial charge < -0.3 is 15.2 Å². The smallest absolute Gasteiger partial charge is 0.0753 e. The molecule has 0 aromatic carbocycles. The third kappa shape index (κ3) is 2.87. The highest BCUT2D eigenvalue weighted by Gasteiger charge is 2.46. The van der Waals surface area contributed by atoms with Crippen molar-refractivity contribution >= 4 is 0 Å². The minimum absolute atomic E-state index is 0.0666. The van der Waals surface area contributed by atoms with Crippen LogP contribution in [-0.2, 0) is 9.47 Å². The highest BCUT2D eigenvalue weighted by atomic mass is 16.5. The van der Waals surface area contributed by atoms with Crippen LogP contribution in [0.2, 0.25) is 0 Å². The highest BCUT2D eigenvalue weighted by Crippen LogP contribution is 2.37. The first-order valence-electron chi connectivity index (χ1n) is 7.02. The second-order valence-electron chi connectivity index (χ2n) is 6.99. The Bertz CT molecular complexity index is 304. The number of morpholine rings is 1. The Morgan fingerprint density at radius 1 is 1.06 bits per heavy atom. The summed E-state index contributed by atoms with van der Waals surface area (Å²) < 4.78 is 11.7. The molecule has 0 radical (unpaired) electrons. The second kappa shape index (κ2) is 4.75. The van der Waals surface area contributed by atoms with E-state index in [4.69, 9.17) is 15.2 Å². The molecular weight excluding hydrogens is 228 g/mol. The molecule has 106 valence electrons. The summed E-state index contributed by atoms with van der Waals surface area (Å²) in [6.45, 7) is 12.9. The van der Waals surface area contributed by atoms with Crippen molar-refractivity contribution in [2.75, 3.05) is 32.8 Å². The molecule has 1 unspecified atom stereocenters. The van der Waals surface area contributed by atoms with Gasteiger partial charge in [-0.2, -0.15) is 0 Å². The first-order chi connectivity index (χ1) is 8.29. The van der Waals surface area contributed by atoms with Crippen LogP contribution in [0.4, 0.5) is 0 Å². The molecule has 2 fully saturated rings. The van der Waals surface area contributed by atoms with E-state index in [-0.39, 0.29) is 16.7 Å². The maximum Gasteiger partial charge on any atom is 0.0753 e. The molecule has 2 N–H and O–H groups in total. The van der Waals surface area contributed by atoms with Crippen LogP contribution < -0.4 is 5.73 Å². The Hall–Kier alpha value is -0.160. The normalized spacial score (nSPS) is 36.5. The van der Waals surface area contributed by atoms with Crippen molar-refractivity contribution in [3.05, 3.63) is 0 Å². The van der Waals surface area contributed by atoms with Gasteiger partial charge in [0.1, 0.15) is 0 Å². The second-order valence-corrected chi connectivity index (χ2v) is 6.99. The van der Waals surface area contributed by atoms with Crippen molar-refractivity contribution in [3.8, 4) is 0 Å². The quantitative estimate of drug-likeness (QED) is 0.811. The third-order valence-electron chi connectivity index (χ3n) is 4.29. The van der Waals surface area contributed by atoms with Gasteiger partial charge in [0.05, 0.1) is 17.8 Å². The van der Waals surface area contributed by atoms with E-state index in [9.17, 15) is 0 Å². The summed E-state index contributed by atoms with van der Waals surface area (Å²) in [7, 11) is 0. The lowest BCUT2D eigenvalue weighted by Gasteiger charge is -2.54. The van der Waals surface area contributed by atoms with E-state index >= 15 is 0 Å². The molecule has 0 saturated carbocycles. The Morgan fingerprint density at radius 3 is 2.28 bits per heavy atom. The molecule has 0 bridgehead atoms. The molecule has 2 aliphatic rings. The van der Waals surface area contributed by atoms with Crippen molar-refractivity contribution in [2.45, 2.75) is 57.3 Å². The van der Waals surface area contributed by atoms with Gasteiger partial charge in [0.15, 0.2) is 0 Å². The van der Waals surface area contributed by atoms with Crippen molar-refractivity contribution in [2.24, 2.45) is 5.73 Å². The lowest BCUT2D eigenvalue weighted by atomic mass is 9.79. The summed E-state index contributed by atoms with van der Waals surface area (Å²) in [5, 5.41) is 0. The molecular formula is C14H28N2O2. The molecule has 0 aromatic rings. The molecule has 0 amide bonds. The van der Waals surface area contributed by atoms with Crippen molar-refractivity contribution in [1.82, 2.24) is 4.90 Å². The van der Waals surface area contributed by atoms with Gasteiger partial charge in [-0.15, -0.1) is 0 Å². The Morgan fingerprint density at radius 2 is 1.72 bits per heavy atom. The summed E-state index contributed by atoms with van der Waals surface area (Å²) in [4.78, 5) is 2.54. The van der Waals surface area contributed by atoms with E-state index < -0.39 is 0 Å². The lowest BCUT2D eigenvalue weighted by molar-refractivity contribution is -0.162. The van der Waals surface area contributed by atoms with Crippen LogP contribution in [0.25, 0.3) is 0 Å². The maximum absolute atomic E-state index is 6.14. The van der Waals surface area contributed by atoms with Gasteiger partial charge >= 0.3 is 0 Å². The number of hydrogen-bond acceptors (Lipinski definition) is 4. The zero-order chi connectivity index (χ0) is 13.4. The van der Waals surface area contributed by atoms with Crippen molar-refractivity contribution < 1.29 is 9.47 Å². The molecule has 2 heterocycles. The van der Waals surface area contributed by atoms with Crippen LogP contribution in [0.15, 0.2) is 0 Å². The van der Waals surface area contributed by atoms with Crippen LogP contribution in [0.1, 0.15) is 40.5 Å². The van der Waals surface area contributed by atoms with Crippen LogP contribution in [0, 0.1) is 0 Å². The van der Waals surface area contributed by atoms with Crippen LogP contribution >= 0.6 is 0 Å². The van der Waals surface area contributed by atoms with Gasteiger partial charge in [-0.05, 0) is 40.5 Å². The Kier molecular flexibility index (Phi) is 3.76. The van der Waals surface area contributed by atoms with Gasteiger partial charge in [0.25, 0.3) is 0 Å². The van der Waals surface area contributed by atoms with Crippen LogP contribution in [0.3, 0.4) is 0 Å². The molecule has 4 nitrogen and oxygen atoms in total. The van der Waals surface area contributed by atoms with Gasteiger partial charge in [-0.3, -0.25) is 4.90 Å². The number of rotatable bonds is 2. The van der Waals surface area contributed by atoms with Crippen LogP contribution in [-0.4, -0.2) is 54.5 Å². The zero-order valence-electron chi connectivity index (χ0n) is 12.3. The predicted molar refractivity (Wildman–Crippen MR) is 72.7 cm³/mol. The Balaban J connectivity index is 2.16. The summed E-state index contributed by atoms with van der Waals surface area (Å²) in [5.41, 5.74) is 6.09. The zero-order valence-corrected chi connectivity index (χ0v) is 12.3. The summed E-state index contributed by atoms with van der Waals surface area (Å²) >= 11 is 0. The number of hydrogen-bond donors (Lipinski definition) is 1. The van der Waals surface area contributed by atoms with E-state index in [1.54, 1.807) is 0 Å². The number of nitrogens with two attached hydrogens (primary N) is 1.